The summed E-state index contributed by atoms with van der Waals surface area (Å²) in [5, 5.41) is 7.55. The van der Waals surface area contributed by atoms with E-state index >= 15 is 0 Å². The van der Waals surface area contributed by atoms with E-state index in [0.29, 0.717) is 25.2 Å². The van der Waals surface area contributed by atoms with Gasteiger partial charge in [-0.3, -0.25) is 15.1 Å². The van der Waals surface area contributed by atoms with Crippen LogP contribution in [0.4, 0.5) is 10.5 Å². The van der Waals surface area contributed by atoms with Crippen molar-refractivity contribution in [3.05, 3.63) is 95.3 Å². The molecule has 2 fully saturated rings. The van der Waals surface area contributed by atoms with Crippen LogP contribution in [0.5, 0.6) is 0 Å². The minimum atomic E-state index is 0.0155. The van der Waals surface area contributed by atoms with Gasteiger partial charge in [-0.2, -0.15) is 0 Å². The molecule has 9 heteroatoms. The highest BCUT2D eigenvalue weighted by atomic mass is 16.2. The second kappa shape index (κ2) is 11.1. The highest BCUT2D eigenvalue weighted by Gasteiger charge is 2.36. The molecule has 2 saturated heterocycles. The molecule has 3 heterocycles. The summed E-state index contributed by atoms with van der Waals surface area (Å²) in [6.45, 7) is 2.67. The predicted octanol–water partition coefficient (Wildman–Crippen LogP) is 4.19. The summed E-state index contributed by atoms with van der Waals surface area (Å²) >= 11 is 0. The smallest absolute Gasteiger partial charge is 0.324 e. The summed E-state index contributed by atoms with van der Waals surface area (Å²) in [5.74, 6) is 1.04. The Morgan fingerprint density at radius 3 is 2.34 bits per heavy atom. The van der Waals surface area contributed by atoms with Gasteiger partial charge in [0, 0.05) is 62.5 Å². The van der Waals surface area contributed by atoms with Crippen LogP contribution in [0.3, 0.4) is 0 Å². The number of anilines is 1. The van der Waals surface area contributed by atoms with Crippen molar-refractivity contribution in [3.63, 3.8) is 0 Å². The van der Waals surface area contributed by atoms with Gasteiger partial charge in [-0.25, -0.2) is 9.78 Å². The Kier molecular flexibility index (Phi) is 7.17. The van der Waals surface area contributed by atoms with Crippen LogP contribution in [0, 0.1) is 5.41 Å². The first-order chi connectivity index (χ1) is 19.9. The molecular formula is C32H35N7O2. The third-order valence-electron chi connectivity index (χ3n) is 8.42. The third kappa shape index (κ3) is 5.27. The minimum Gasteiger partial charge on any atom is -0.384 e. The van der Waals surface area contributed by atoms with Gasteiger partial charge in [0.25, 0.3) is 5.91 Å². The monoisotopic (exact) mass is 549 g/mol. The van der Waals surface area contributed by atoms with Gasteiger partial charge >= 0.3 is 6.03 Å². The molecular weight excluding hydrogens is 514 g/mol. The molecule has 3 amide bonds. The number of carbonyl (C=O) groups excluding carboxylic acids is 2. The minimum absolute atomic E-state index is 0.0155. The lowest BCUT2D eigenvalue weighted by atomic mass is 10.0. The van der Waals surface area contributed by atoms with E-state index in [2.05, 4.69) is 4.57 Å². The number of para-hydroxylation sites is 1. The van der Waals surface area contributed by atoms with Crippen LogP contribution in [0.1, 0.15) is 40.2 Å². The maximum absolute atomic E-state index is 13.4. The zero-order chi connectivity index (χ0) is 28.5. The van der Waals surface area contributed by atoms with Gasteiger partial charge in [0.1, 0.15) is 11.7 Å². The van der Waals surface area contributed by atoms with Crippen molar-refractivity contribution in [3.8, 4) is 0 Å². The number of urea groups is 1. The lowest BCUT2D eigenvalue weighted by Crippen LogP contribution is -2.48. The van der Waals surface area contributed by atoms with Crippen LogP contribution >= 0.6 is 0 Å². The molecule has 0 saturated carbocycles. The van der Waals surface area contributed by atoms with Gasteiger partial charge in [0.15, 0.2) is 0 Å². The second-order valence-corrected chi connectivity index (χ2v) is 10.9. The number of rotatable bonds is 7. The van der Waals surface area contributed by atoms with Crippen LogP contribution in [-0.4, -0.2) is 69.3 Å². The number of likely N-dealkylation sites (tertiary alicyclic amines) is 1. The number of fused-ring (bicyclic) bond motifs is 1. The number of hydrogen-bond acceptors (Lipinski definition) is 4. The van der Waals surface area contributed by atoms with Crippen molar-refractivity contribution in [2.45, 2.75) is 31.7 Å². The Hall–Kier alpha value is -4.66. The topological polar surface area (TPSA) is 112 Å². The number of carbonyl (C=O) groups is 2. The number of nitrogens with two attached hydrogens (primary N) is 1. The van der Waals surface area contributed by atoms with Gasteiger partial charge in [0.2, 0.25) is 0 Å². The first-order valence-corrected chi connectivity index (χ1v) is 14.2. The summed E-state index contributed by atoms with van der Waals surface area (Å²) in [5.41, 5.74) is 10.8. The van der Waals surface area contributed by atoms with Crippen molar-refractivity contribution in [1.82, 2.24) is 19.4 Å². The maximum atomic E-state index is 13.4. The number of nitrogens with one attached hydrogen (secondary N) is 1. The molecule has 4 aromatic rings. The highest BCUT2D eigenvalue weighted by molar-refractivity contribution is 5.98. The number of hydrogen-bond donors (Lipinski definition) is 2. The molecule has 2 aliphatic rings. The Balaban J connectivity index is 1.07. The molecule has 0 bridgehead atoms. The number of imidazole rings is 1. The fourth-order valence-electron chi connectivity index (χ4n) is 6.02. The summed E-state index contributed by atoms with van der Waals surface area (Å²) in [6, 6.07) is 23.5. The van der Waals surface area contributed by atoms with Crippen molar-refractivity contribution < 1.29 is 9.59 Å². The molecule has 41 heavy (non-hydrogen) atoms. The van der Waals surface area contributed by atoms with E-state index in [1.165, 1.54) is 0 Å². The number of nitrogens with zero attached hydrogens (tertiary/aromatic N) is 5. The SMILES string of the molecule is Cn1c(CCc2ccc(C(=N)N)cc2)nc2cc(C(=O)N3CCC(N4CCN(c5ccccc5)C4=O)CC3)ccc21. The Morgan fingerprint density at radius 2 is 1.63 bits per heavy atom. The Morgan fingerprint density at radius 1 is 0.927 bits per heavy atom. The third-order valence-corrected chi connectivity index (χ3v) is 8.42. The summed E-state index contributed by atoms with van der Waals surface area (Å²) in [4.78, 5) is 37.1. The predicted molar refractivity (Wildman–Crippen MR) is 160 cm³/mol. The molecule has 9 nitrogen and oxygen atoms in total. The van der Waals surface area contributed by atoms with Gasteiger partial charge in [-0.1, -0.05) is 42.5 Å². The largest absolute Gasteiger partial charge is 0.384 e. The molecule has 3 N–H and O–H groups in total. The van der Waals surface area contributed by atoms with Gasteiger partial charge in [-0.05, 0) is 55.2 Å². The highest BCUT2D eigenvalue weighted by Crippen LogP contribution is 2.27. The molecule has 0 atom stereocenters. The first-order valence-electron chi connectivity index (χ1n) is 14.2. The zero-order valence-corrected chi connectivity index (χ0v) is 23.3. The molecule has 3 aromatic carbocycles. The van der Waals surface area contributed by atoms with Crippen molar-refractivity contribution in [2.24, 2.45) is 12.8 Å². The van der Waals surface area contributed by atoms with Gasteiger partial charge < -0.3 is 20.1 Å². The van der Waals surface area contributed by atoms with E-state index in [9.17, 15) is 9.59 Å². The van der Waals surface area contributed by atoms with Crippen molar-refractivity contribution >= 4 is 34.5 Å². The fraction of sp³-hybridized carbons (Fsp3) is 0.312. The molecule has 210 valence electrons. The number of aryl methyl sites for hydroxylation is 3. The van der Waals surface area contributed by atoms with E-state index in [1.807, 2.05) is 94.5 Å². The number of aromatic nitrogens is 2. The number of amidine groups is 1. The summed E-state index contributed by atoms with van der Waals surface area (Å²) in [7, 11) is 2.01. The number of amides is 3. The standard InChI is InChI=1S/C32H35N7O2/c1-36-28-13-12-24(21-27(28)35-29(36)14-9-22-7-10-23(11-8-22)30(33)34)31(40)37-17-15-26(16-18-37)39-20-19-38(32(39)41)25-5-3-2-4-6-25/h2-8,10-13,21,26H,9,14-20H2,1H3,(H3,33,34). The van der Waals surface area contributed by atoms with Crippen LogP contribution in [0.15, 0.2) is 72.8 Å². The summed E-state index contributed by atoms with van der Waals surface area (Å²) < 4.78 is 2.09. The Labute approximate surface area is 239 Å². The molecule has 0 aliphatic carbocycles. The van der Waals surface area contributed by atoms with Gasteiger partial charge in [-0.15, -0.1) is 0 Å². The lowest BCUT2D eigenvalue weighted by molar-refractivity contribution is 0.0666. The number of piperidine rings is 1. The van der Waals surface area contributed by atoms with Crippen LogP contribution < -0.4 is 10.6 Å². The average Bonchev–Trinajstić information content (AvgIpc) is 3.55. The van der Waals surface area contributed by atoms with Crippen molar-refractivity contribution in [2.75, 3.05) is 31.1 Å². The van der Waals surface area contributed by atoms with E-state index in [4.69, 9.17) is 16.1 Å². The van der Waals surface area contributed by atoms with E-state index in [0.717, 1.165) is 65.9 Å². The van der Waals surface area contributed by atoms with Gasteiger partial charge in [0.05, 0.1) is 11.0 Å². The first kappa shape index (κ1) is 26.6. The van der Waals surface area contributed by atoms with Crippen LogP contribution in [-0.2, 0) is 19.9 Å². The number of benzene rings is 3. The molecule has 6 rings (SSSR count). The molecule has 0 unspecified atom stereocenters. The van der Waals surface area contributed by atoms with E-state index in [-0.39, 0.29) is 23.8 Å². The quantitative estimate of drug-likeness (QED) is 0.266. The van der Waals surface area contributed by atoms with Crippen LogP contribution in [0.2, 0.25) is 0 Å². The van der Waals surface area contributed by atoms with Crippen molar-refractivity contribution in [1.29, 1.82) is 5.41 Å². The molecule has 1 aromatic heterocycles. The second-order valence-electron chi connectivity index (χ2n) is 10.9. The molecule has 2 aliphatic heterocycles. The maximum Gasteiger partial charge on any atom is 0.324 e. The lowest BCUT2D eigenvalue weighted by Gasteiger charge is -2.36. The number of nitrogen functional groups attached to an aromatic ring is 1. The normalized spacial score (nSPS) is 16.1. The summed E-state index contributed by atoms with van der Waals surface area (Å²) in [6.07, 6.45) is 3.14. The zero-order valence-electron chi connectivity index (χ0n) is 23.3. The average molecular weight is 550 g/mol. The molecule has 0 radical (unpaired) electrons. The van der Waals surface area contributed by atoms with Crippen LogP contribution in [0.25, 0.3) is 11.0 Å². The molecule has 0 spiro atoms. The fourth-order valence-corrected chi connectivity index (χ4v) is 6.02. The van der Waals surface area contributed by atoms with E-state index in [1.54, 1.807) is 0 Å². The van der Waals surface area contributed by atoms with E-state index < -0.39 is 0 Å². The Bertz CT molecular complexity index is 1590.